The van der Waals surface area contributed by atoms with Gasteiger partial charge in [0.15, 0.2) is 6.10 Å². The van der Waals surface area contributed by atoms with Crippen molar-refractivity contribution in [2.24, 2.45) is 0 Å². The number of aliphatic carboxylic acids is 1. The Labute approximate surface area is 219 Å². The lowest BCUT2D eigenvalue weighted by atomic mass is 9.76. The Balaban J connectivity index is 1.04. The Bertz CT molecular complexity index is 1210. The fourth-order valence-corrected chi connectivity index (χ4v) is 7.24. The average molecular weight is 507 g/mol. The number of hydrogen-bond donors (Lipinski definition) is 2. The predicted molar refractivity (Wildman–Crippen MR) is 141 cm³/mol. The smallest absolute Gasteiger partial charge is 0.367 e. The van der Waals surface area contributed by atoms with Crippen LogP contribution in [0.15, 0.2) is 30.3 Å². The van der Waals surface area contributed by atoms with E-state index in [2.05, 4.69) is 44.3 Å². The number of aromatic nitrogens is 1. The van der Waals surface area contributed by atoms with E-state index in [0.29, 0.717) is 30.8 Å². The van der Waals surface area contributed by atoms with Crippen molar-refractivity contribution < 1.29 is 23.9 Å². The van der Waals surface area contributed by atoms with Gasteiger partial charge in [0, 0.05) is 36.7 Å². The highest BCUT2D eigenvalue weighted by atomic mass is 16.5. The van der Waals surface area contributed by atoms with Gasteiger partial charge in [-0.25, -0.2) is 9.78 Å². The van der Waals surface area contributed by atoms with E-state index in [1.807, 2.05) is 12.1 Å². The zero-order chi connectivity index (χ0) is 25.8. The van der Waals surface area contributed by atoms with E-state index >= 15 is 0 Å². The van der Waals surface area contributed by atoms with E-state index in [4.69, 9.17) is 14.5 Å². The molecule has 4 aliphatic heterocycles. The molecular formula is C30H40N3O4+. The van der Waals surface area contributed by atoms with Crippen molar-refractivity contribution in [2.75, 3.05) is 38.2 Å². The Hall–Kier alpha value is -2.48. The number of unbranched alkanes of at least 4 members (excludes halogenated alkanes) is 2. The largest absolute Gasteiger partial charge is 0.477 e. The molecule has 1 saturated heterocycles. The third-order valence-corrected chi connectivity index (χ3v) is 9.32. The molecule has 37 heavy (non-hydrogen) atoms. The monoisotopic (exact) mass is 506 g/mol. The van der Waals surface area contributed by atoms with Gasteiger partial charge in [0.05, 0.1) is 12.2 Å². The first-order valence-electron chi connectivity index (χ1n) is 14.0. The Morgan fingerprint density at radius 2 is 2.03 bits per heavy atom. The normalized spacial score (nSPS) is 26.7. The van der Waals surface area contributed by atoms with Crippen LogP contribution in [0.3, 0.4) is 0 Å². The van der Waals surface area contributed by atoms with Gasteiger partial charge in [-0.05, 0) is 49.3 Å². The summed E-state index contributed by atoms with van der Waals surface area (Å²) in [7, 11) is 0. The highest BCUT2D eigenvalue weighted by Gasteiger charge is 2.72. The van der Waals surface area contributed by atoms with Crippen LogP contribution < -0.4 is 5.32 Å². The molecule has 1 aromatic heterocycles. The van der Waals surface area contributed by atoms with Gasteiger partial charge in [-0.3, -0.25) is 4.48 Å². The number of nitrogens with one attached hydrogen (secondary N) is 1. The summed E-state index contributed by atoms with van der Waals surface area (Å²) in [6.45, 7) is 10.1. The van der Waals surface area contributed by atoms with Crippen LogP contribution in [0.25, 0.3) is 0 Å². The quantitative estimate of drug-likeness (QED) is 0.400. The molecule has 5 heterocycles. The molecule has 2 aromatic rings. The highest BCUT2D eigenvalue weighted by molar-refractivity contribution is 5.77. The summed E-state index contributed by atoms with van der Waals surface area (Å²) in [6, 6.07) is 9.96. The van der Waals surface area contributed by atoms with Crippen LogP contribution in [0.5, 0.6) is 0 Å². The average Bonchev–Trinajstić information content (AvgIpc) is 3.10. The molecule has 2 atom stereocenters. The van der Waals surface area contributed by atoms with Crippen molar-refractivity contribution in [3.05, 3.63) is 58.3 Å². The molecule has 2 N–H and O–H groups in total. The molecule has 7 heteroatoms. The Kier molecular flexibility index (Phi) is 6.09. The number of aryl methyl sites for hydroxylation is 2. The second-order valence-corrected chi connectivity index (χ2v) is 12.2. The summed E-state index contributed by atoms with van der Waals surface area (Å²) in [4.78, 5) is 17.4. The minimum atomic E-state index is -0.769. The van der Waals surface area contributed by atoms with Crippen molar-refractivity contribution in [2.45, 2.75) is 82.6 Å². The molecule has 1 fully saturated rings. The first kappa shape index (κ1) is 24.8. The SMILES string of the molecule is CC1(C)COC2(C)c3c(cccc31)C(C(=O)O)[N+]21CC(OCCCCCc2ccc3c(n2)NCCC3)C1. The van der Waals surface area contributed by atoms with Gasteiger partial charge in [0.25, 0.3) is 0 Å². The maximum Gasteiger partial charge on any atom is 0.367 e. The van der Waals surface area contributed by atoms with Gasteiger partial charge in [0.2, 0.25) is 11.8 Å². The molecule has 0 amide bonds. The number of carboxylic acid groups (broad SMARTS) is 1. The second-order valence-electron chi connectivity index (χ2n) is 12.2. The standard InChI is InChI=1S/C30H39N3O4/c1-29(2)19-37-30(3)25-23(11-7-12-24(25)29)26(28(34)35)33(30)17-22(18-33)36-16-6-4-5-10-21-14-13-20-9-8-15-31-27(20)32-21/h7,11-14,22,26H,4-6,8-10,15-19H2,1-3H3,(H-,31,32,34,35)/p+1. The van der Waals surface area contributed by atoms with Crippen molar-refractivity contribution in [1.29, 1.82) is 0 Å². The summed E-state index contributed by atoms with van der Waals surface area (Å²) in [5.74, 6) is 0.305. The Morgan fingerprint density at radius 1 is 1.19 bits per heavy atom. The van der Waals surface area contributed by atoms with E-state index in [9.17, 15) is 9.90 Å². The van der Waals surface area contributed by atoms with E-state index in [1.165, 1.54) is 17.5 Å². The number of anilines is 1. The van der Waals surface area contributed by atoms with Gasteiger partial charge < -0.3 is 19.9 Å². The topological polar surface area (TPSA) is 80.7 Å². The molecule has 6 rings (SSSR count). The number of rotatable bonds is 8. The third-order valence-electron chi connectivity index (χ3n) is 9.32. The van der Waals surface area contributed by atoms with Crippen molar-refractivity contribution in [3.63, 3.8) is 0 Å². The van der Waals surface area contributed by atoms with Crippen LogP contribution in [0.1, 0.15) is 80.4 Å². The first-order valence-corrected chi connectivity index (χ1v) is 14.0. The minimum Gasteiger partial charge on any atom is -0.477 e. The maximum absolute atomic E-state index is 12.6. The van der Waals surface area contributed by atoms with Gasteiger partial charge in [-0.2, -0.15) is 0 Å². The summed E-state index contributed by atoms with van der Waals surface area (Å²) in [5, 5.41) is 13.7. The fourth-order valence-electron chi connectivity index (χ4n) is 7.24. The van der Waals surface area contributed by atoms with Gasteiger partial charge in [-0.15, -0.1) is 0 Å². The number of nitrogens with zero attached hydrogens (tertiary/aromatic N) is 2. The number of carboxylic acids is 1. The molecule has 0 bridgehead atoms. The zero-order valence-corrected chi connectivity index (χ0v) is 22.4. The predicted octanol–water partition coefficient (Wildman–Crippen LogP) is 4.69. The molecular weight excluding hydrogens is 466 g/mol. The molecule has 1 spiro atoms. The lowest BCUT2D eigenvalue weighted by Gasteiger charge is -2.58. The van der Waals surface area contributed by atoms with Crippen LogP contribution in [0.4, 0.5) is 5.82 Å². The van der Waals surface area contributed by atoms with E-state index in [-0.39, 0.29) is 11.5 Å². The summed E-state index contributed by atoms with van der Waals surface area (Å²) < 4.78 is 13.2. The molecule has 2 unspecified atom stereocenters. The first-order chi connectivity index (χ1) is 17.8. The number of ether oxygens (including phenoxy) is 2. The van der Waals surface area contributed by atoms with E-state index in [1.54, 1.807) is 0 Å². The van der Waals surface area contributed by atoms with Crippen molar-refractivity contribution in [1.82, 2.24) is 4.98 Å². The Morgan fingerprint density at radius 3 is 2.84 bits per heavy atom. The lowest BCUT2D eigenvalue weighted by Crippen LogP contribution is -2.75. The summed E-state index contributed by atoms with van der Waals surface area (Å²) >= 11 is 0. The summed E-state index contributed by atoms with van der Waals surface area (Å²) in [5.41, 5.74) is 4.98. The number of pyridine rings is 1. The molecule has 0 saturated carbocycles. The van der Waals surface area contributed by atoms with Crippen LogP contribution in [0.2, 0.25) is 0 Å². The zero-order valence-electron chi connectivity index (χ0n) is 22.4. The third kappa shape index (κ3) is 3.89. The fraction of sp³-hybridized carbons (Fsp3) is 0.600. The van der Waals surface area contributed by atoms with Crippen LogP contribution in [0, 0.1) is 0 Å². The van der Waals surface area contributed by atoms with Crippen molar-refractivity contribution in [3.8, 4) is 0 Å². The van der Waals surface area contributed by atoms with Gasteiger partial charge in [0.1, 0.15) is 18.9 Å². The van der Waals surface area contributed by atoms with E-state index < -0.39 is 17.7 Å². The molecule has 4 aliphatic rings. The molecule has 0 radical (unpaired) electrons. The van der Waals surface area contributed by atoms with Crippen LogP contribution >= 0.6 is 0 Å². The highest BCUT2D eigenvalue weighted by Crippen LogP contribution is 2.61. The number of hydrogen-bond acceptors (Lipinski definition) is 5. The van der Waals surface area contributed by atoms with E-state index in [0.717, 1.165) is 61.3 Å². The number of quaternary nitrogens is 1. The lowest BCUT2D eigenvalue weighted by molar-refractivity contribution is -1.06. The maximum atomic E-state index is 12.6. The number of carbonyl (C=O) groups is 1. The minimum absolute atomic E-state index is 0.0726. The van der Waals surface area contributed by atoms with Crippen molar-refractivity contribution >= 4 is 11.8 Å². The molecule has 7 nitrogen and oxygen atoms in total. The van der Waals surface area contributed by atoms with Crippen LogP contribution in [-0.4, -0.2) is 59.5 Å². The van der Waals surface area contributed by atoms with Crippen LogP contribution in [-0.2, 0) is 38.2 Å². The molecule has 198 valence electrons. The number of benzene rings is 1. The van der Waals surface area contributed by atoms with Gasteiger partial charge in [-0.1, -0.05) is 44.5 Å². The molecule has 1 aromatic carbocycles. The molecule has 0 aliphatic carbocycles. The summed E-state index contributed by atoms with van der Waals surface area (Å²) in [6.07, 6.45) is 6.58. The van der Waals surface area contributed by atoms with Gasteiger partial charge >= 0.3 is 5.97 Å². The number of fused-ring (bicyclic) bond motifs is 2. The second kappa shape index (κ2) is 9.07.